The minimum atomic E-state index is 0.636. The minimum absolute atomic E-state index is 0.636. The maximum Gasteiger partial charge on any atom is 0.152 e. The zero-order chi connectivity index (χ0) is 13.2. The zero-order valence-electron chi connectivity index (χ0n) is 10.9. The molecule has 0 unspecified atom stereocenters. The molecule has 2 heterocycles. The van der Waals surface area contributed by atoms with Crippen LogP contribution >= 0.6 is 0 Å². The van der Waals surface area contributed by atoms with Gasteiger partial charge in [0.05, 0.1) is 13.2 Å². The Bertz CT molecular complexity index is 580. The van der Waals surface area contributed by atoms with Crippen molar-refractivity contribution in [1.82, 2.24) is 14.8 Å². The lowest BCUT2D eigenvalue weighted by Gasteiger charge is -2.29. The number of rotatable bonds is 3. The average molecular weight is 259 g/mol. The first-order valence-corrected chi connectivity index (χ1v) is 6.41. The van der Waals surface area contributed by atoms with Crippen LogP contribution in [0, 0.1) is 0 Å². The molecule has 0 amide bonds. The van der Waals surface area contributed by atoms with Crippen LogP contribution in [0.2, 0.25) is 0 Å². The van der Waals surface area contributed by atoms with Crippen molar-refractivity contribution in [2.24, 2.45) is 0 Å². The summed E-state index contributed by atoms with van der Waals surface area (Å²) in [6.45, 7) is 5.15. The number of aromatic nitrogens is 3. The van der Waals surface area contributed by atoms with E-state index in [1.807, 2.05) is 25.1 Å². The Morgan fingerprint density at radius 3 is 3.05 bits per heavy atom. The highest BCUT2D eigenvalue weighted by Gasteiger charge is 2.18. The van der Waals surface area contributed by atoms with Crippen LogP contribution in [0.1, 0.15) is 12.7 Å². The van der Waals surface area contributed by atoms with Gasteiger partial charge in [0.15, 0.2) is 5.82 Å². The summed E-state index contributed by atoms with van der Waals surface area (Å²) >= 11 is 0. The number of ether oxygens (including phenoxy) is 1. The van der Waals surface area contributed by atoms with Crippen molar-refractivity contribution >= 4 is 11.4 Å². The standard InChI is InChI=1S/C13H17N5O/c1-2-19-12-6-10(14)5-11(7-12)17-3-4-18-9-15-16-13(18)8-17/h5-7,9H,2-4,8,14H2,1H3. The van der Waals surface area contributed by atoms with Crippen LogP contribution in [-0.4, -0.2) is 27.9 Å². The van der Waals surface area contributed by atoms with E-state index in [-0.39, 0.29) is 0 Å². The fraction of sp³-hybridized carbons (Fsp3) is 0.385. The number of hydrogen-bond acceptors (Lipinski definition) is 5. The number of nitrogens with two attached hydrogens (primary N) is 1. The average Bonchev–Trinajstić information content (AvgIpc) is 2.85. The summed E-state index contributed by atoms with van der Waals surface area (Å²) in [5, 5.41) is 8.06. The Morgan fingerprint density at radius 2 is 2.21 bits per heavy atom. The van der Waals surface area contributed by atoms with Crippen molar-refractivity contribution in [3.63, 3.8) is 0 Å². The third-order valence-electron chi connectivity index (χ3n) is 3.23. The van der Waals surface area contributed by atoms with Gasteiger partial charge in [-0.15, -0.1) is 10.2 Å². The lowest BCUT2D eigenvalue weighted by molar-refractivity contribution is 0.340. The molecule has 1 aromatic heterocycles. The molecule has 1 aliphatic heterocycles. The summed E-state index contributed by atoms with van der Waals surface area (Å²) in [7, 11) is 0. The van der Waals surface area contributed by atoms with Gasteiger partial charge in [-0.25, -0.2) is 0 Å². The molecule has 2 N–H and O–H groups in total. The largest absolute Gasteiger partial charge is 0.494 e. The predicted octanol–water partition coefficient (Wildman–Crippen LogP) is 1.28. The van der Waals surface area contributed by atoms with Crippen LogP contribution < -0.4 is 15.4 Å². The van der Waals surface area contributed by atoms with Gasteiger partial charge in [-0.1, -0.05) is 0 Å². The van der Waals surface area contributed by atoms with Gasteiger partial charge in [0.2, 0.25) is 0 Å². The molecule has 2 aromatic rings. The van der Waals surface area contributed by atoms with E-state index in [1.165, 1.54) is 0 Å². The molecule has 19 heavy (non-hydrogen) atoms. The maximum absolute atomic E-state index is 5.93. The summed E-state index contributed by atoms with van der Waals surface area (Å²) in [6.07, 6.45) is 1.78. The molecule has 0 saturated carbocycles. The molecule has 6 heteroatoms. The van der Waals surface area contributed by atoms with Crippen molar-refractivity contribution in [1.29, 1.82) is 0 Å². The number of anilines is 2. The predicted molar refractivity (Wildman–Crippen MR) is 73.1 cm³/mol. The fourth-order valence-corrected chi connectivity index (χ4v) is 2.33. The molecular formula is C13H17N5O. The van der Waals surface area contributed by atoms with Gasteiger partial charge in [-0.2, -0.15) is 0 Å². The Morgan fingerprint density at radius 1 is 1.32 bits per heavy atom. The first-order chi connectivity index (χ1) is 9.26. The molecular weight excluding hydrogens is 242 g/mol. The Labute approximate surface area is 111 Å². The Kier molecular flexibility index (Phi) is 2.98. The number of nitrogens with zero attached hydrogens (tertiary/aromatic N) is 4. The van der Waals surface area contributed by atoms with Crippen LogP contribution in [0.4, 0.5) is 11.4 Å². The smallest absolute Gasteiger partial charge is 0.152 e. The molecule has 1 aromatic carbocycles. The molecule has 3 rings (SSSR count). The van der Waals surface area contributed by atoms with Gasteiger partial charge in [0.1, 0.15) is 12.1 Å². The number of nitrogen functional groups attached to an aromatic ring is 1. The third-order valence-corrected chi connectivity index (χ3v) is 3.23. The van der Waals surface area contributed by atoms with Crippen LogP contribution in [0.25, 0.3) is 0 Å². The van der Waals surface area contributed by atoms with Crippen molar-refractivity contribution in [2.45, 2.75) is 20.0 Å². The summed E-state index contributed by atoms with van der Waals surface area (Å²) in [4.78, 5) is 2.24. The highest BCUT2D eigenvalue weighted by Crippen LogP contribution is 2.27. The molecule has 0 aliphatic carbocycles. The van der Waals surface area contributed by atoms with E-state index >= 15 is 0 Å². The van der Waals surface area contributed by atoms with E-state index in [4.69, 9.17) is 10.5 Å². The summed E-state index contributed by atoms with van der Waals surface area (Å²) < 4.78 is 7.61. The van der Waals surface area contributed by atoms with E-state index < -0.39 is 0 Å². The molecule has 0 bridgehead atoms. The van der Waals surface area contributed by atoms with Gasteiger partial charge in [0, 0.05) is 36.6 Å². The molecule has 1 aliphatic rings. The number of fused-ring (bicyclic) bond motifs is 1. The number of hydrogen-bond donors (Lipinski definition) is 1. The highest BCUT2D eigenvalue weighted by atomic mass is 16.5. The zero-order valence-corrected chi connectivity index (χ0v) is 10.9. The van der Waals surface area contributed by atoms with Crippen LogP contribution in [-0.2, 0) is 13.1 Å². The Hall–Kier alpha value is -2.24. The van der Waals surface area contributed by atoms with Gasteiger partial charge < -0.3 is 19.9 Å². The molecule has 0 atom stereocenters. The minimum Gasteiger partial charge on any atom is -0.494 e. The van der Waals surface area contributed by atoms with E-state index in [0.717, 1.165) is 36.9 Å². The van der Waals surface area contributed by atoms with Gasteiger partial charge in [-0.05, 0) is 13.0 Å². The van der Waals surface area contributed by atoms with Gasteiger partial charge in [0.25, 0.3) is 0 Å². The monoisotopic (exact) mass is 259 g/mol. The van der Waals surface area contributed by atoms with Crippen LogP contribution in [0.15, 0.2) is 24.5 Å². The first kappa shape index (κ1) is 11.8. The maximum atomic E-state index is 5.93. The van der Waals surface area contributed by atoms with Crippen LogP contribution in [0.5, 0.6) is 5.75 Å². The quantitative estimate of drug-likeness (QED) is 0.841. The molecule has 100 valence electrons. The lowest BCUT2D eigenvalue weighted by Crippen LogP contribution is -2.33. The molecule has 0 radical (unpaired) electrons. The van der Waals surface area contributed by atoms with Gasteiger partial charge in [-0.3, -0.25) is 0 Å². The van der Waals surface area contributed by atoms with E-state index in [9.17, 15) is 0 Å². The van der Waals surface area contributed by atoms with E-state index in [0.29, 0.717) is 12.3 Å². The Balaban J connectivity index is 1.87. The summed E-state index contributed by atoms with van der Waals surface area (Å²) in [6, 6.07) is 5.83. The second-order valence-electron chi connectivity index (χ2n) is 4.56. The molecule has 6 nitrogen and oxygen atoms in total. The topological polar surface area (TPSA) is 69.2 Å². The van der Waals surface area contributed by atoms with E-state index in [1.54, 1.807) is 6.33 Å². The van der Waals surface area contributed by atoms with Crippen molar-refractivity contribution < 1.29 is 4.74 Å². The van der Waals surface area contributed by atoms with Crippen LogP contribution in [0.3, 0.4) is 0 Å². The normalized spacial score (nSPS) is 14.3. The molecule has 0 fully saturated rings. The van der Waals surface area contributed by atoms with Gasteiger partial charge >= 0.3 is 0 Å². The number of benzene rings is 1. The molecule has 0 spiro atoms. The summed E-state index contributed by atoms with van der Waals surface area (Å²) in [5.41, 5.74) is 7.71. The highest BCUT2D eigenvalue weighted by molar-refractivity contribution is 5.60. The SMILES string of the molecule is CCOc1cc(N)cc(N2CCn3cnnc3C2)c1. The van der Waals surface area contributed by atoms with E-state index in [2.05, 4.69) is 19.7 Å². The van der Waals surface area contributed by atoms with Crippen molar-refractivity contribution in [3.05, 3.63) is 30.4 Å². The molecule has 0 saturated heterocycles. The second kappa shape index (κ2) is 4.79. The second-order valence-corrected chi connectivity index (χ2v) is 4.56. The summed E-state index contributed by atoms with van der Waals surface area (Å²) in [5.74, 6) is 1.79. The fourth-order valence-electron chi connectivity index (χ4n) is 2.33. The van der Waals surface area contributed by atoms with Crippen molar-refractivity contribution in [3.8, 4) is 5.75 Å². The first-order valence-electron chi connectivity index (χ1n) is 6.41. The lowest BCUT2D eigenvalue weighted by atomic mass is 10.2. The van der Waals surface area contributed by atoms with Crippen molar-refractivity contribution in [2.75, 3.05) is 23.8 Å². The third kappa shape index (κ3) is 2.33.